The molecule has 1 aromatic heterocycles. The molecule has 0 bridgehead atoms. The smallest absolute Gasteiger partial charge is 0.328 e. The first-order valence-corrected chi connectivity index (χ1v) is 11.2. The lowest BCUT2D eigenvalue weighted by Crippen LogP contribution is -2.29. The molecule has 0 amide bonds. The molecule has 0 spiro atoms. The fourth-order valence-corrected chi connectivity index (χ4v) is 4.23. The Labute approximate surface area is 194 Å². The van der Waals surface area contributed by atoms with Gasteiger partial charge in [0.2, 0.25) is 0 Å². The van der Waals surface area contributed by atoms with Crippen molar-refractivity contribution in [2.45, 2.75) is 19.3 Å². The van der Waals surface area contributed by atoms with Gasteiger partial charge in [0.25, 0.3) is 0 Å². The van der Waals surface area contributed by atoms with E-state index in [9.17, 15) is 9.59 Å². The lowest BCUT2D eigenvalue weighted by Gasteiger charge is -2.20. The molecule has 1 aliphatic heterocycles. The first-order valence-electron chi connectivity index (χ1n) is 11.2. The molecule has 7 heteroatoms. The van der Waals surface area contributed by atoms with E-state index >= 15 is 0 Å². The summed E-state index contributed by atoms with van der Waals surface area (Å²) in [6, 6.07) is 11.0. The molecule has 1 aliphatic carbocycles. The summed E-state index contributed by atoms with van der Waals surface area (Å²) >= 11 is 0. The lowest BCUT2D eigenvalue weighted by molar-refractivity contribution is -0.134. The van der Waals surface area contributed by atoms with Gasteiger partial charge in [0.1, 0.15) is 0 Å². The third kappa shape index (κ3) is 7.37. The Morgan fingerprint density at radius 3 is 2.36 bits per heavy atom. The molecule has 2 N–H and O–H groups in total. The number of likely N-dealkylation sites (N-methyl/N-ethyl adjacent to an activating group) is 1. The quantitative estimate of drug-likeness (QED) is 0.653. The standard InChI is InChI=1S/C22H27N3.C4H4O4/c1-24-13-3-14-25(17-16-24)15-10-18-6-7-22-20(18)4-2-5-21(22)19-8-11-23-12-9-19;5-3(6)1-2-4(7)8/h2,4-6,8-9,11-12H,3,7,10,13-17H2,1H3;1-2H,(H,5,6)(H,7,8)/b;2-1-. The predicted octanol–water partition coefficient (Wildman–Crippen LogP) is 3.43. The number of carboxylic acids is 2. The molecule has 4 rings (SSSR count). The van der Waals surface area contributed by atoms with Crippen LogP contribution >= 0.6 is 0 Å². The molecule has 1 fully saturated rings. The number of rotatable bonds is 6. The Bertz CT molecular complexity index is 1000. The van der Waals surface area contributed by atoms with E-state index < -0.39 is 11.9 Å². The second-order valence-corrected chi connectivity index (χ2v) is 8.26. The van der Waals surface area contributed by atoms with Crippen molar-refractivity contribution in [3.63, 3.8) is 0 Å². The number of allylic oxidation sites excluding steroid dienone is 1. The maximum Gasteiger partial charge on any atom is 0.328 e. The van der Waals surface area contributed by atoms with Crippen LogP contribution in [0.5, 0.6) is 0 Å². The maximum absolute atomic E-state index is 9.55. The van der Waals surface area contributed by atoms with Crippen LogP contribution in [0.2, 0.25) is 0 Å². The molecule has 2 aliphatic rings. The van der Waals surface area contributed by atoms with Crippen molar-refractivity contribution in [1.29, 1.82) is 0 Å². The van der Waals surface area contributed by atoms with E-state index in [1.54, 1.807) is 0 Å². The molecule has 2 aromatic rings. The van der Waals surface area contributed by atoms with Crippen molar-refractivity contribution >= 4 is 17.5 Å². The third-order valence-electron chi connectivity index (χ3n) is 5.94. The van der Waals surface area contributed by atoms with Gasteiger partial charge in [0.15, 0.2) is 0 Å². The minimum absolute atomic E-state index is 0.558. The Morgan fingerprint density at radius 2 is 1.67 bits per heavy atom. The van der Waals surface area contributed by atoms with Crippen molar-refractivity contribution < 1.29 is 19.8 Å². The molecule has 2 heterocycles. The highest BCUT2D eigenvalue weighted by Crippen LogP contribution is 2.36. The number of carbonyl (C=O) groups is 2. The van der Waals surface area contributed by atoms with Gasteiger partial charge in [-0.2, -0.15) is 0 Å². The van der Waals surface area contributed by atoms with Gasteiger partial charge in [0, 0.05) is 44.2 Å². The zero-order valence-electron chi connectivity index (χ0n) is 19.0. The monoisotopic (exact) mass is 449 g/mol. The number of pyridine rings is 1. The van der Waals surface area contributed by atoms with Gasteiger partial charge < -0.3 is 20.0 Å². The predicted molar refractivity (Wildman–Crippen MR) is 129 cm³/mol. The summed E-state index contributed by atoms with van der Waals surface area (Å²) in [6.45, 7) is 6.05. The van der Waals surface area contributed by atoms with Crippen LogP contribution in [0.3, 0.4) is 0 Å². The summed E-state index contributed by atoms with van der Waals surface area (Å²) in [6.07, 6.45) is 10.8. The Kier molecular flexibility index (Phi) is 8.92. The summed E-state index contributed by atoms with van der Waals surface area (Å²) in [5.74, 6) is -2.51. The zero-order valence-corrected chi connectivity index (χ0v) is 19.0. The number of nitrogens with zero attached hydrogens (tertiary/aromatic N) is 3. The summed E-state index contributed by atoms with van der Waals surface area (Å²) < 4.78 is 0. The highest BCUT2D eigenvalue weighted by atomic mass is 16.4. The number of hydrogen-bond donors (Lipinski definition) is 2. The van der Waals surface area contributed by atoms with E-state index in [2.05, 4.69) is 58.2 Å². The lowest BCUT2D eigenvalue weighted by atomic mass is 9.95. The Hall–Kier alpha value is -3.29. The highest BCUT2D eigenvalue weighted by Gasteiger charge is 2.19. The molecule has 1 aromatic carbocycles. The third-order valence-corrected chi connectivity index (χ3v) is 5.94. The number of aromatic nitrogens is 1. The minimum atomic E-state index is -1.26. The van der Waals surface area contributed by atoms with E-state index in [0.29, 0.717) is 12.2 Å². The van der Waals surface area contributed by atoms with Crippen LogP contribution in [0, 0.1) is 0 Å². The van der Waals surface area contributed by atoms with Crippen LogP contribution in [0.1, 0.15) is 24.0 Å². The zero-order chi connectivity index (χ0) is 23.6. The Morgan fingerprint density at radius 1 is 0.970 bits per heavy atom. The fraction of sp³-hybridized carbons (Fsp3) is 0.346. The van der Waals surface area contributed by atoms with Crippen molar-refractivity contribution in [2.24, 2.45) is 0 Å². The van der Waals surface area contributed by atoms with Gasteiger partial charge in [-0.3, -0.25) is 4.98 Å². The van der Waals surface area contributed by atoms with E-state index in [1.807, 2.05) is 12.4 Å². The summed E-state index contributed by atoms with van der Waals surface area (Å²) in [4.78, 5) is 28.3. The van der Waals surface area contributed by atoms with E-state index in [-0.39, 0.29) is 0 Å². The average Bonchev–Trinajstić information content (AvgIpc) is 3.11. The number of hydrogen-bond acceptors (Lipinski definition) is 5. The number of aliphatic carboxylic acids is 2. The van der Waals surface area contributed by atoms with Crippen LogP contribution in [0.15, 0.2) is 61.0 Å². The Balaban J connectivity index is 0.000000331. The molecule has 0 atom stereocenters. The van der Waals surface area contributed by atoms with Gasteiger partial charge in [-0.1, -0.05) is 24.3 Å². The summed E-state index contributed by atoms with van der Waals surface area (Å²) in [5, 5.41) is 15.6. The first-order chi connectivity index (χ1) is 15.9. The molecule has 0 saturated carbocycles. The van der Waals surface area contributed by atoms with E-state index in [4.69, 9.17) is 10.2 Å². The largest absolute Gasteiger partial charge is 0.478 e. The van der Waals surface area contributed by atoms with Crippen LogP contribution in [-0.2, 0) is 16.0 Å². The van der Waals surface area contributed by atoms with Crippen LogP contribution in [-0.4, -0.2) is 76.7 Å². The average molecular weight is 450 g/mol. The normalized spacial score (nSPS) is 16.5. The molecule has 0 unspecified atom stereocenters. The molecule has 7 nitrogen and oxygen atoms in total. The van der Waals surface area contributed by atoms with Gasteiger partial charge in [0.05, 0.1) is 0 Å². The van der Waals surface area contributed by atoms with Gasteiger partial charge in [-0.25, -0.2) is 9.59 Å². The number of carboxylic acid groups (broad SMARTS) is 2. The van der Waals surface area contributed by atoms with Crippen LogP contribution in [0.25, 0.3) is 16.7 Å². The topological polar surface area (TPSA) is 94.0 Å². The molecule has 1 saturated heterocycles. The van der Waals surface area contributed by atoms with Crippen molar-refractivity contribution in [2.75, 3.05) is 39.8 Å². The van der Waals surface area contributed by atoms with Crippen LogP contribution in [0.4, 0.5) is 0 Å². The highest BCUT2D eigenvalue weighted by molar-refractivity contribution is 5.89. The molecule has 0 radical (unpaired) electrons. The van der Waals surface area contributed by atoms with E-state index in [0.717, 1.165) is 12.8 Å². The minimum Gasteiger partial charge on any atom is -0.478 e. The van der Waals surface area contributed by atoms with E-state index in [1.165, 1.54) is 67.0 Å². The summed E-state index contributed by atoms with van der Waals surface area (Å²) in [7, 11) is 2.24. The van der Waals surface area contributed by atoms with Crippen molar-refractivity contribution in [3.05, 3.63) is 72.1 Å². The summed E-state index contributed by atoms with van der Waals surface area (Å²) in [5.41, 5.74) is 7.11. The second-order valence-electron chi connectivity index (χ2n) is 8.26. The second kappa shape index (κ2) is 12.1. The number of fused-ring (bicyclic) bond motifs is 1. The van der Waals surface area contributed by atoms with Crippen molar-refractivity contribution in [1.82, 2.24) is 14.8 Å². The molecule has 33 heavy (non-hydrogen) atoms. The first kappa shape index (κ1) is 24.4. The molecule has 174 valence electrons. The van der Waals surface area contributed by atoms with Crippen LogP contribution < -0.4 is 0 Å². The van der Waals surface area contributed by atoms with Gasteiger partial charge >= 0.3 is 11.9 Å². The van der Waals surface area contributed by atoms with Gasteiger partial charge in [-0.15, -0.1) is 0 Å². The SMILES string of the molecule is CN1CCCN(CCC2=CCc3c2cccc3-c2ccncc2)CC1.O=C(O)/C=C\C(=O)O. The fourth-order valence-electron chi connectivity index (χ4n) is 4.23. The number of benzene rings is 1. The van der Waals surface area contributed by atoms with Crippen molar-refractivity contribution in [3.8, 4) is 11.1 Å². The molecular formula is C26H31N3O4. The molecular weight excluding hydrogens is 418 g/mol. The maximum atomic E-state index is 9.55. The van der Waals surface area contributed by atoms with Gasteiger partial charge in [-0.05, 0) is 79.4 Å².